The zero-order valence-electron chi connectivity index (χ0n) is 13.0. The third-order valence-electron chi connectivity index (χ3n) is 5.58. The third-order valence-corrected chi connectivity index (χ3v) is 5.58. The van der Waals surface area contributed by atoms with Crippen molar-refractivity contribution < 1.29 is 9.84 Å². The molecule has 1 aromatic carbocycles. The van der Waals surface area contributed by atoms with Gasteiger partial charge in [-0.1, -0.05) is 32.3 Å². The second-order valence-corrected chi connectivity index (χ2v) is 6.81. The normalized spacial score (nSPS) is 29.8. The first-order valence-electron chi connectivity index (χ1n) is 8.32. The van der Waals surface area contributed by atoms with Crippen LogP contribution in [0.25, 0.3) is 0 Å². The van der Waals surface area contributed by atoms with E-state index in [1.165, 1.54) is 24.8 Å². The van der Waals surface area contributed by atoms with Gasteiger partial charge in [-0.2, -0.15) is 0 Å². The summed E-state index contributed by atoms with van der Waals surface area (Å²) in [4.78, 5) is 0. The van der Waals surface area contributed by atoms with Gasteiger partial charge in [0.1, 0.15) is 5.75 Å². The highest BCUT2D eigenvalue weighted by Gasteiger charge is 2.41. The highest BCUT2D eigenvalue weighted by Crippen LogP contribution is 2.48. The number of hydrogen-bond donors (Lipinski definition) is 2. The molecule has 1 aliphatic carbocycles. The Morgan fingerprint density at radius 3 is 3.10 bits per heavy atom. The van der Waals surface area contributed by atoms with Crippen LogP contribution < -0.4 is 10.5 Å². The van der Waals surface area contributed by atoms with Gasteiger partial charge < -0.3 is 15.6 Å². The predicted molar refractivity (Wildman–Crippen MR) is 84.3 cm³/mol. The van der Waals surface area contributed by atoms with Gasteiger partial charge in [-0.3, -0.25) is 0 Å². The van der Waals surface area contributed by atoms with Gasteiger partial charge in [-0.25, -0.2) is 0 Å². The lowest BCUT2D eigenvalue weighted by atomic mass is 9.64. The average molecular weight is 289 g/mol. The van der Waals surface area contributed by atoms with Crippen molar-refractivity contribution in [2.75, 3.05) is 13.2 Å². The van der Waals surface area contributed by atoms with Gasteiger partial charge in [0, 0.05) is 18.4 Å². The van der Waals surface area contributed by atoms with E-state index >= 15 is 0 Å². The van der Waals surface area contributed by atoms with Gasteiger partial charge in [-0.15, -0.1) is 0 Å². The number of benzene rings is 1. The molecule has 0 amide bonds. The third kappa shape index (κ3) is 2.69. The first-order chi connectivity index (χ1) is 10.2. The van der Waals surface area contributed by atoms with Crippen LogP contribution in [0.1, 0.15) is 56.3 Å². The van der Waals surface area contributed by atoms with Crippen molar-refractivity contribution in [2.45, 2.75) is 51.6 Å². The van der Waals surface area contributed by atoms with E-state index in [1.807, 2.05) is 12.1 Å². The van der Waals surface area contributed by atoms with Gasteiger partial charge in [0.15, 0.2) is 0 Å². The van der Waals surface area contributed by atoms with E-state index in [4.69, 9.17) is 10.5 Å². The maximum Gasteiger partial charge on any atom is 0.122 e. The summed E-state index contributed by atoms with van der Waals surface area (Å²) < 4.78 is 5.56. The van der Waals surface area contributed by atoms with E-state index in [1.54, 1.807) is 0 Å². The summed E-state index contributed by atoms with van der Waals surface area (Å²) >= 11 is 0. The molecule has 3 nitrogen and oxygen atoms in total. The number of aliphatic hydroxyl groups is 1. The van der Waals surface area contributed by atoms with Crippen LogP contribution in [0.2, 0.25) is 0 Å². The Morgan fingerprint density at radius 2 is 2.33 bits per heavy atom. The SMILES string of the molecule is CCC1CCCC(CN)(C(O)c2ccc3c(c2)CCO3)C1. The molecule has 1 aromatic rings. The largest absolute Gasteiger partial charge is 0.493 e. The predicted octanol–water partition coefficient (Wildman–Crippen LogP) is 3.20. The minimum absolute atomic E-state index is 0.146. The van der Waals surface area contributed by atoms with Gasteiger partial charge >= 0.3 is 0 Å². The maximum absolute atomic E-state index is 11.0. The van der Waals surface area contributed by atoms with Crippen LogP contribution in [0.15, 0.2) is 18.2 Å². The smallest absolute Gasteiger partial charge is 0.122 e. The molecule has 0 bridgehead atoms. The van der Waals surface area contributed by atoms with Crippen LogP contribution >= 0.6 is 0 Å². The minimum atomic E-state index is -0.456. The zero-order valence-corrected chi connectivity index (χ0v) is 13.0. The van der Waals surface area contributed by atoms with Gasteiger partial charge in [-0.05, 0) is 42.0 Å². The minimum Gasteiger partial charge on any atom is -0.493 e. The van der Waals surface area contributed by atoms with E-state index in [-0.39, 0.29) is 5.41 Å². The Balaban J connectivity index is 1.86. The van der Waals surface area contributed by atoms with E-state index in [9.17, 15) is 5.11 Å². The van der Waals surface area contributed by atoms with Gasteiger partial charge in [0.25, 0.3) is 0 Å². The van der Waals surface area contributed by atoms with Crippen LogP contribution in [0.3, 0.4) is 0 Å². The van der Waals surface area contributed by atoms with Gasteiger partial charge in [0.05, 0.1) is 12.7 Å². The molecule has 1 heterocycles. The Hall–Kier alpha value is -1.06. The molecule has 0 radical (unpaired) electrons. The summed E-state index contributed by atoms with van der Waals surface area (Å²) in [5.41, 5.74) is 8.21. The summed E-state index contributed by atoms with van der Waals surface area (Å²) in [7, 11) is 0. The average Bonchev–Trinajstić information content (AvgIpc) is 3.01. The molecule has 3 unspecified atom stereocenters. The second-order valence-electron chi connectivity index (χ2n) is 6.81. The number of nitrogens with two attached hydrogens (primary N) is 1. The number of aliphatic hydroxyl groups excluding tert-OH is 1. The van der Waals surface area contributed by atoms with Crippen molar-refractivity contribution in [2.24, 2.45) is 17.1 Å². The zero-order chi connectivity index (χ0) is 14.9. The summed E-state index contributed by atoms with van der Waals surface area (Å²) in [6.07, 6.45) is 6.23. The van der Waals surface area contributed by atoms with Crippen LogP contribution in [0.4, 0.5) is 0 Å². The second kappa shape index (κ2) is 5.98. The molecule has 0 aromatic heterocycles. The fourth-order valence-corrected chi connectivity index (χ4v) is 4.15. The van der Waals surface area contributed by atoms with E-state index in [0.29, 0.717) is 12.5 Å². The highest BCUT2D eigenvalue weighted by atomic mass is 16.5. The number of hydrogen-bond acceptors (Lipinski definition) is 3. The van der Waals surface area contributed by atoms with Crippen molar-refractivity contribution in [1.82, 2.24) is 0 Å². The monoisotopic (exact) mass is 289 g/mol. The van der Waals surface area contributed by atoms with Crippen molar-refractivity contribution in [3.8, 4) is 5.75 Å². The lowest BCUT2D eigenvalue weighted by molar-refractivity contribution is -0.0162. The Bertz CT molecular complexity index is 502. The quantitative estimate of drug-likeness (QED) is 0.895. The van der Waals surface area contributed by atoms with E-state index in [0.717, 1.165) is 37.2 Å². The molecule has 116 valence electrons. The highest BCUT2D eigenvalue weighted by molar-refractivity contribution is 5.41. The van der Waals surface area contributed by atoms with Crippen LogP contribution in [-0.4, -0.2) is 18.3 Å². The molecule has 1 saturated carbocycles. The van der Waals surface area contributed by atoms with Gasteiger partial charge in [0.2, 0.25) is 0 Å². The molecule has 3 atom stereocenters. The summed E-state index contributed by atoms with van der Waals surface area (Å²) in [5.74, 6) is 1.68. The lowest BCUT2D eigenvalue weighted by Crippen LogP contribution is -2.41. The lowest BCUT2D eigenvalue weighted by Gasteiger charge is -2.43. The van der Waals surface area contributed by atoms with Crippen LogP contribution in [0, 0.1) is 11.3 Å². The molecule has 2 aliphatic rings. The molecular formula is C18H27NO2. The Morgan fingerprint density at radius 1 is 1.48 bits per heavy atom. The molecule has 21 heavy (non-hydrogen) atoms. The molecular weight excluding hydrogens is 262 g/mol. The van der Waals surface area contributed by atoms with Crippen LogP contribution in [-0.2, 0) is 6.42 Å². The molecule has 3 rings (SSSR count). The molecule has 0 spiro atoms. The molecule has 1 aliphatic heterocycles. The maximum atomic E-state index is 11.0. The van der Waals surface area contributed by atoms with E-state index in [2.05, 4.69) is 13.0 Å². The summed E-state index contributed by atoms with van der Waals surface area (Å²) in [6, 6.07) is 6.15. The Kier molecular flexibility index (Phi) is 4.23. The van der Waals surface area contributed by atoms with Crippen molar-refractivity contribution in [1.29, 1.82) is 0 Å². The number of rotatable bonds is 4. The molecule has 1 fully saturated rings. The molecule has 3 heteroatoms. The molecule has 0 saturated heterocycles. The molecule has 3 N–H and O–H groups in total. The standard InChI is InChI=1S/C18H27NO2/c1-2-13-4-3-8-18(11-13,12-19)17(20)15-5-6-16-14(10-15)7-9-21-16/h5-6,10,13,17,20H,2-4,7-9,11-12,19H2,1H3. The first kappa shape index (κ1) is 14.9. The first-order valence-corrected chi connectivity index (χ1v) is 8.32. The number of ether oxygens (including phenoxy) is 1. The fraction of sp³-hybridized carbons (Fsp3) is 0.667. The van der Waals surface area contributed by atoms with Crippen molar-refractivity contribution >= 4 is 0 Å². The summed E-state index contributed by atoms with van der Waals surface area (Å²) in [5, 5.41) is 11.0. The van der Waals surface area contributed by atoms with E-state index < -0.39 is 6.10 Å². The van der Waals surface area contributed by atoms with Crippen LogP contribution in [0.5, 0.6) is 5.75 Å². The number of fused-ring (bicyclic) bond motifs is 1. The topological polar surface area (TPSA) is 55.5 Å². The Labute approximate surface area is 127 Å². The van der Waals surface area contributed by atoms with Crippen molar-refractivity contribution in [3.05, 3.63) is 29.3 Å². The van der Waals surface area contributed by atoms with Crippen molar-refractivity contribution in [3.63, 3.8) is 0 Å². The fourth-order valence-electron chi connectivity index (χ4n) is 4.15. The summed E-state index contributed by atoms with van der Waals surface area (Å²) in [6.45, 7) is 3.57.